The highest BCUT2D eigenvalue weighted by atomic mass is 16.6. The fourth-order valence-corrected chi connectivity index (χ4v) is 6.19. The summed E-state index contributed by atoms with van der Waals surface area (Å²) in [6.45, 7) is 16.1. The molecule has 0 radical (unpaired) electrons. The van der Waals surface area contributed by atoms with E-state index in [1.54, 1.807) is 4.90 Å². The highest BCUT2D eigenvalue weighted by molar-refractivity contribution is 5.99. The number of carbonyl (C=O) groups is 2. The van der Waals surface area contributed by atoms with Crippen molar-refractivity contribution in [1.82, 2.24) is 20.2 Å². The van der Waals surface area contributed by atoms with Crippen molar-refractivity contribution in [3.8, 4) is 11.1 Å². The van der Waals surface area contributed by atoms with Crippen LogP contribution >= 0.6 is 0 Å². The van der Waals surface area contributed by atoms with E-state index in [9.17, 15) is 14.4 Å². The molecular formula is C35H46N6O4. The van der Waals surface area contributed by atoms with Crippen molar-refractivity contribution >= 4 is 23.5 Å². The maximum Gasteiger partial charge on any atom is 0.410 e. The van der Waals surface area contributed by atoms with Gasteiger partial charge in [0, 0.05) is 80.1 Å². The molecule has 10 nitrogen and oxygen atoms in total. The molecule has 45 heavy (non-hydrogen) atoms. The minimum atomic E-state index is -0.518. The molecule has 0 unspecified atom stereocenters. The van der Waals surface area contributed by atoms with E-state index in [-0.39, 0.29) is 24.1 Å². The maximum absolute atomic E-state index is 13.7. The van der Waals surface area contributed by atoms with E-state index in [2.05, 4.69) is 40.0 Å². The van der Waals surface area contributed by atoms with E-state index in [0.717, 1.165) is 71.8 Å². The molecule has 0 bridgehead atoms. The molecule has 5 rings (SSSR count). The topological polar surface area (TPSA) is 111 Å². The number of fused-ring (bicyclic) bond motifs is 1. The number of carbonyl (C=O) groups excluding carboxylic acids is 2. The van der Waals surface area contributed by atoms with E-state index in [4.69, 9.17) is 9.72 Å². The van der Waals surface area contributed by atoms with Crippen LogP contribution in [0.1, 0.15) is 73.8 Å². The number of H-pyrrole nitrogens is 1. The lowest BCUT2D eigenvalue weighted by molar-refractivity contribution is 0.0240. The van der Waals surface area contributed by atoms with Gasteiger partial charge in [-0.2, -0.15) is 0 Å². The van der Waals surface area contributed by atoms with E-state index in [1.165, 1.54) is 0 Å². The van der Waals surface area contributed by atoms with Gasteiger partial charge in [0.2, 0.25) is 0 Å². The zero-order chi connectivity index (χ0) is 32.3. The molecule has 3 aromatic rings. The molecule has 1 aromatic carbocycles. The van der Waals surface area contributed by atoms with E-state index in [0.29, 0.717) is 37.3 Å². The summed E-state index contributed by atoms with van der Waals surface area (Å²) in [7, 11) is 0. The number of aromatic amines is 1. The molecule has 2 aliphatic heterocycles. The Morgan fingerprint density at radius 3 is 2.42 bits per heavy atom. The van der Waals surface area contributed by atoms with Gasteiger partial charge in [0.25, 0.3) is 11.5 Å². The van der Waals surface area contributed by atoms with Gasteiger partial charge in [0.15, 0.2) is 0 Å². The SMILES string of the molecule is CCCc1cc(C)[nH]c(=O)c1CNC(=O)c1cc(-c2ccc(N3CCN(C(=O)OC(C)(C)C)CC3)nc2)cc2c1CCN2CC. The van der Waals surface area contributed by atoms with Gasteiger partial charge in [-0.05, 0) is 94.5 Å². The van der Waals surface area contributed by atoms with E-state index >= 15 is 0 Å². The highest BCUT2D eigenvalue weighted by Crippen LogP contribution is 2.36. The summed E-state index contributed by atoms with van der Waals surface area (Å²) in [5.74, 6) is 0.670. The smallest absolute Gasteiger partial charge is 0.410 e. The number of hydrogen-bond donors (Lipinski definition) is 2. The van der Waals surface area contributed by atoms with Crippen LogP contribution in [0, 0.1) is 6.92 Å². The van der Waals surface area contributed by atoms with Gasteiger partial charge in [0.05, 0.1) is 0 Å². The summed E-state index contributed by atoms with van der Waals surface area (Å²) < 4.78 is 5.52. The van der Waals surface area contributed by atoms with Crippen molar-refractivity contribution in [1.29, 1.82) is 0 Å². The zero-order valence-corrected chi connectivity index (χ0v) is 27.5. The number of hydrogen-bond acceptors (Lipinski definition) is 7. The van der Waals surface area contributed by atoms with E-state index in [1.807, 2.05) is 58.2 Å². The number of piperazine rings is 1. The molecule has 2 N–H and O–H groups in total. The van der Waals surface area contributed by atoms with Gasteiger partial charge in [-0.3, -0.25) is 9.59 Å². The lowest BCUT2D eigenvalue weighted by atomic mass is 9.97. The normalized spacial score (nSPS) is 14.8. The predicted octanol–water partition coefficient (Wildman–Crippen LogP) is 5.07. The van der Waals surface area contributed by atoms with Crippen LogP contribution in [0.3, 0.4) is 0 Å². The quantitative estimate of drug-likeness (QED) is 0.365. The van der Waals surface area contributed by atoms with Crippen molar-refractivity contribution in [2.75, 3.05) is 49.1 Å². The van der Waals surface area contributed by atoms with Crippen molar-refractivity contribution in [3.05, 3.63) is 74.8 Å². The third kappa shape index (κ3) is 7.32. The Kier molecular flexibility index (Phi) is 9.51. The molecule has 2 aliphatic rings. The number of rotatable bonds is 8. The molecule has 10 heteroatoms. The highest BCUT2D eigenvalue weighted by Gasteiger charge is 2.28. The minimum Gasteiger partial charge on any atom is -0.444 e. The lowest BCUT2D eigenvalue weighted by Gasteiger charge is -2.36. The fraction of sp³-hybridized carbons (Fsp3) is 0.486. The van der Waals surface area contributed by atoms with Crippen LogP contribution in [0.25, 0.3) is 11.1 Å². The van der Waals surface area contributed by atoms with E-state index < -0.39 is 5.60 Å². The third-order valence-electron chi connectivity index (χ3n) is 8.47. The number of aryl methyl sites for hydroxylation is 2. The molecule has 0 atom stereocenters. The van der Waals surface area contributed by atoms with Crippen LogP contribution in [0.15, 0.2) is 41.3 Å². The molecule has 240 valence electrons. The average Bonchev–Trinajstić information content (AvgIpc) is 3.42. The third-order valence-corrected chi connectivity index (χ3v) is 8.47. The number of aromatic nitrogens is 2. The number of nitrogens with zero attached hydrogens (tertiary/aromatic N) is 4. The van der Waals surface area contributed by atoms with Gasteiger partial charge in [-0.15, -0.1) is 0 Å². The van der Waals surface area contributed by atoms with Crippen LogP contribution in [0.4, 0.5) is 16.3 Å². The number of anilines is 2. The maximum atomic E-state index is 13.7. The molecular weight excluding hydrogens is 568 g/mol. The molecule has 1 saturated heterocycles. The van der Waals surface area contributed by atoms with Crippen LogP contribution in [0.5, 0.6) is 0 Å². The molecule has 0 aliphatic carbocycles. The first-order valence-corrected chi connectivity index (χ1v) is 16.1. The minimum absolute atomic E-state index is 0.146. The Morgan fingerprint density at radius 1 is 1.02 bits per heavy atom. The summed E-state index contributed by atoms with van der Waals surface area (Å²) in [5, 5.41) is 3.05. The van der Waals surface area contributed by atoms with Crippen molar-refractivity contribution in [2.45, 2.75) is 73.0 Å². The Balaban J connectivity index is 1.34. The molecule has 2 aromatic heterocycles. The lowest BCUT2D eigenvalue weighted by Crippen LogP contribution is -2.50. The molecule has 4 heterocycles. The first-order chi connectivity index (χ1) is 21.5. The Morgan fingerprint density at radius 2 is 1.78 bits per heavy atom. The summed E-state index contributed by atoms with van der Waals surface area (Å²) in [5.41, 5.74) is 6.35. The molecule has 1 fully saturated rings. The van der Waals surface area contributed by atoms with Gasteiger partial charge in [0.1, 0.15) is 11.4 Å². The van der Waals surface area contributed by atoms with Crippen LogP contribution in [-0.4, -0.2) is 71.7 Å². The molecule has 0 saturated carbocycles. The summed E-state index contributed by atoms with van der Waals surface area (Å²) in [6, 6.07) is 10.2. The second-order valence-corrected chi connectivity index (χ2v) is 12.9. The van der Waals surface area contributed by atoms with Crippen molar-refractivity contribution < 1.29 is 14.3 Å². The number of likely N-dealkylation sites (N-methyl/N-ethyl adjacent to an activating group) is 1. The fourth-order valence-electron chi connectivity index (χ4n) is 6.19. The number of nitrogens with one attached hydrogen (secondary N) is 2. The monoisotopic (exact) mass is 614 g/mol. The number of benzene rings is 1. The first kappa shape index (κ1) is 32.1. The van der Waals surface area contributed by atoms with Gasteiger partial charge in [-0.1, -0.05) is 13.3 Å². The second-order valence-electron chi connectivity index (χ2n) is 12.9. The Labute approximate surface area is 265 Å². The second kappa shape index (κ2) is 13.3. The van der Waals surface area contributed by atoms with Crippen LogP contribution in [0.2, 0.25) is 0 Å². The largest absolute Gasteiger partial charge is 0.444 e. The number of pyridine rings is 2. The summed E-state index contributed by atoms with van der Waals surface area (Å²) in [6.07, 6.45) is 4.07. The summed E-state index contributed by atoms with van der Waals surface area (Å²) >= 11 is 0. The Bertz CT molecular complexity index is 1600. The van der Waals surface area contributed by atoms with Crippen LogP contribution in [-0.2, 0) is 24.1 Å². The van der Waals surface area contributed by atoms with Crippen molar-refractivity contribution in [3.63, 3.8) is 0 Å². The summed E-state index contributed by atoms with van der Waals surface area (Å²) in [4.78, 5) is 52.8. The Hall–Kier alpha value is -4.34. The first-order valence-electron chi connectivity index (χ1n) is 16.1. The molecule has 0 spiro atoms. The number of ether oxygens (including phenoxy) is 1. The average molecular weight is 615 g/mol. The predicted molar refractivity (Wildman–Crippen MR) is 178 cm³/mol. The standard InChI is InChI=1S/C35H46N6O4/c1-7-9-24-18-23(3)38-33(43)29(24)22-37-32(42)28-19-26(20-30-27(28)12-13-39(30)8-2)25-10-11-31(36-21-25)40-14-16-41(17-15-40)34(44)45-35(4,5)6/h10-11,18-21H,7-9,12-17,22H2,1-6H3,(H,37,42)(H,38,43). The van der Waals surface area contributed by atoms with Gasteiger partial charge >= 0.3 is 6.09 Å². The van der Waals surface area contributed by atoms with Gasteiger partial charge < -0.3 is 29.7 Å². The zero-order valence-electron chi connectivity index (χ0n) is 27.5. The number of amides is 2. The van der Waals surface area contributed by atoms with Crippen LogP contribution < -0.4 is 20.7 Å². The molecule has 2 amide bonds. The van der Waals surface area contributed by atoms with Crippen molar-refractivity contribution in [2.24, 2.45) is 0 Å². The van der Waals surface area contributed by atoms with Gasteiger partial charge in [-0.25, -0.2) is 9.78 Å².